The van der Waals surface area contributed by atoms with Gasteiger partial charge in [-0.2, -0.15) is 0 Å². The maximum Gasteiger partial charge on any atom is 0.339 e. The minimum atomic E-state index is -0.331. The van der Waals surface area contributed by atoms with Gasteiger partial charge >= 0.3 is 5.97 Å². The zero-order valence-corrected chi connectivity index (χ0v) is 16.9. The first-order valence-electron chi connectivity index (χ1n) is 10.3. The minimum Gasteiger partial charge on any atom is -0.465 e. The lowest BCUT2D eigenvalue weighted by Crippen LogP contribution is -2.09. The Morgan fingerprint density at radius 3 is 2.67 bits per heavy atom. The number of benzene rings is 1. The molecule has 1 aliphatic rings. The van der Waals surface area contributed by atoms with Crippen molar-refractivity contribution in [1.29, 1.82) is 0 Å². The number of esters is 1. The van der Waals surface area contributed by atoms with Crippen molar-refractivity contribution >= 4 is 17.0 Å². The smallest absolute Gasteiger partial charge is 0.339 e. The second-order valence-electron chi connectivity index (χ2n) is 7.89. The van der Waals surface area contributed by atoms with Crippen LogP contribution < -0.4 is 0 Å². The number of aromatic nitrogens is 3. The molecule has 3 aromatic heterocycles. The number of carbonyl (C=O) groups is 1. The summed E-state index contributed by atoms with van der Waals surface area (Å²) < 4.78 is 7.15. The summed E-state index contributed by atoms with van der Waals surface area (Å²) in [5, 5.41) is 1.08. The lowest BCUT2D eigenvalue weighted by Gasteiger charge is -2.10. The van der Waals surface area contributed by atoms with Crippen molar-refractivity contribution in [1.82, 2.24) is 14.5 Å². The lowest BCUT2D eigenvalue weighted by atomic mass is 10.0. The molecule has 0 amide bonds. The second kappa shape index (κ2) is 7.75. The third-order valence-electron chi connectivity index (χ3n) is 5.67. The quantitative estimate of drug-likeness (QED) is 0.441. The van der Waals surface area contributed by atoms with E-state index in [1.54, 1.807) is 0 Å². The molecule has 0 N–H and O–H groups in total. The zero-order chi connectivity index (χ0) is 20.5. The maximum atomic E-state index is 12.3. The molecule has 1 aliphatic carbocycles. The predicted molar refractivity (Wildman–Crippen MR) is 116 cm³/mol. The van der Waals surface area contributed by atoms with Gasteiger partial charge in [-0.3, -0.25) is 4.98 Å². The van der Waals surface area contributed by atoms with Crippen LogP contribution in [0.2, 0.25) is 0 Å². The molecule has 0 unspecified atom stereocenters. The number of pyridine rings is 2. The monoisotopic (exact) mass is 397 g/mol. The second-order valence-corrected chi connectivity index (χ2v) is 7.89. The van der Waals surface area contributed by atoms with Crippen molar-refractivity contribution in [2.45, 2.75) is 31.7 Å². The number of nitrogens with zero attached hydrogens (tertiary/aromatic N) is 3. The maximum absolute atomic E-state index is 12.3. The summed E-state index contributed by atoms with van der Waals surface area (Å²) in [6.45, 7) is 0.785. The van der Waals surface area contributed by atoms with Gasteiger partial charge < -0.3 is 9.30 Å². The van der Waals surface area contributed by atoms with E-state index in [-0.39, 0.29) is 5.97 Å². The molecule has 30 heavy (non-hydrogen) atoms. The van der Waals surface area contributed by atoms with E-state index in [4.69, 9.17) is 9.72 Å². The highest BCUT2D eigenvalue weighted by Crippen LogP contribution is 2.40. The Kier molecular flexibility index (Phi) is 4.79. The van der Waals surface area contributed by atoms with Crippen molar-refractivity contribution in [2.24, 2.45) is 0 Å². The Morgan fingerprint density at radius 2 is 1.90 bits per heavy atom. The number of fused-ring (bicyclic) bond motifs is 1. The molecule has 5 heteroatoms. The molecule has 4 aromatic rings. The van der Waals surface area contributed by atoms with Crippen LogP contribution >= 0.6 is 0 Å². The molecule has 0 saturated heterocycles. The van der Waals surface area contributed by atoms with E-state index in [0.29, 0.717) is 17.9 Å². The Morgan fingerprint density at radius 1 is 1.07 bits per heavy atom. The normalized spacial score (nSPS) is 13.5. The molecule has 1 saturated carbocycles. The van der Waals surface area contributed by atoms with Gasteiger partial charge in [0.15, 0.2) is 0 Å². The Balaban J connectivity index is 1.42. The van der Waals surface area contributed by atoms with Gasteiger partial charge in [-0.15, -0.1) is 0 Å². The average molecular weight is 397 g/mol. The van der Waals surface area contributed by atoms with E-state index in [1.807, 2.05) is 36.7 Å². The van der Waals surface area contributed by atoms with Crippen molar-refractivity contribution < 1.29 is 9.53 Å². The van der Waals surface area contributed by atoms with Gasteiger partial charge in [0.2, 0.25) is 0 Å². The van der Waals surface area contributed by atoms with Crippen molar-refractivity contribution in [3.05, 3.63) is 95.1 Å². The van der Waals surface area contributed by atoms with E-state index >= 15 is 0 Å². The molecule has 1 aromatic carbocycles. The fourth-order valence-corrected chi connectivity index (χ4v) is 3.90. The topological polar surface area (TPSA) is 57.0 Å². The number of rotatable bonds is 6. The first-order valence-corrected chi connectivity index (χ1v) is 10.3. The van der Waals surface area contributed by atoms with Crippen LogP contribution in [0.4, 0.5) is 0 Å². The Hall–Kier alpha value is -3.47. The van der Waals surface area contributed by atoms with Crippen LogP contribution in [0.25, 0.3) is 11.0 Å². The summed E-state index contributed by atoms with van der Waals surface area (Å²) in [6, 6.07) is 16.5. The van der Waals surface area contributed by atoms with Crippen molar-refractivity contribution in [2.75, 3.05) is 7.11 Å². The molecule has 5 rings (SSSR count). The first-order chi connectivity index (χ1) is 14.7. The van der Waals surface area contributed by atoms with Gasteiger partial charge in [0.25, 0.3) is 0 Å². The zero-order valence-electron chi connectivity index (χ0n) is 16.9. The molecule has 0 bridgehead atoms. The third kappa shape index (κ3) is 3.71. The number of hydrogen-bond donors (Lipinski definition) is 0. The van der Waals surface area contributed by atoms with Crippen LogP contribution in [0, 0.1) is 0 Å². The number of hydrogen-bond acceptors (Lipinski definition) is 4. The summed E-state index contributed by atoms with van der Waals surface area (Å²) >= 11 is 0. The molecule has 0 radical (unpaired) electrons. The van der Waals surface area contributed by atoms with Gasteiger partial charge in [0.05, 0.1) is 18.4 Å². The van der Waals surface area contributed by atoms with E-state index in [1.165, 1.54) is 25.5 Å². The molecule has 1 fully saturated rings. The predicted octanol–water partition coefficient (Wildman–Crippen LogP) is 4.73. The van der Waals surface area contributed by atoms with Crippen LogP contribution in [-0.4, -0.2) is 27.6 Å². The fourth-order valence-electron chi connectivity index (χ4n) is 3.90. The van der Waals surface area contributed by atoms with Gasteiger partial charge in [0, 0.05) is 36.9 Å². The van der Waals surface area contributed by atoms with Crippen molar-refractivity contribution in [3.63, 3.8) is 0 Å². The van der Waals surface area contributed by atoms with Crippen LogP contribution in [0.5, 0.6) is 0 Å². The molecule has 0 atom stereocenters. The first kappa shape index (κ1) is 18.6. The SMILES string of the molecule is COC(=O)c1cc(C2CC2)cnc1Cc1cnc2c(ccn2Cc2ccccc2)c1. The minimum absolute atomic E-state index is 0.331. The number of carbonyl (C=O) groups excluding carboxylic acids is 1. The van der Waals surface area contributed by atoms with Gasteiger partial charge in [0.1, 0.15) is 5.65 Å². The molecule has 5 nitrogen and oxygen atoms in total. The van der Waals surface area contributed by atoms with E-state index in [9.17, 15) is 4.79 Å². The highest BCUT2D eigenvalue weighted by molar-refractivity contribution is 5.91. The molecule has 0 spiro atoms. The highest BCUT2D eigenvalue weighted by atomic mass is 16.5. The van der Waals surface area contributed by atoms with Crippen LogP contribution in [0.15, 0.2) is 67.1 Å². The largest absolute Gasteiger partial charge is 0.465 e. The fraction of sp³-hybridized carbons (Fsp3) is 0.240. The van der Waals surface area contributed by atoms with Crippen LogP contribution in [-0.2, 0) is 17.7 Å². The van der Waals surface area contributed by atoms with E-state index in [0.717, 1.165) is 34.4 Å². The van der Waals surface area contributed by atoms with Crippen molar-refractivity contribution in [3.8, 4) is 0 Å². The summed E-state index contributed by atoms with van der Waals surface area (Å²) in [4.78, 5) is 21.6. The van der Waals surface area contributed by atoms with E-state index < -0.39 is 0 Å². The Bertz CT molecular complexity index is 1210. The van der Waals surface area contributed by atoms with Gasteiger partial charge in [-0.1, -0.05) is 30.3 Å². The number of ether oxygens (including phenoxy) is 1. The molecule has 0 aliphatic heterocycles. The summed E-state index contributed by atoms with van der Waals surface area (Å²) in [6.07, 6.45) is 8.73. The van der Waals surface area contributed by atoms with Gasteiger partial charge in [-0.25, -0.2) is 9.78 Å². The van der Waals surface area contributed by atoms with E-state index in [2.05, 4.69) is 40.0 Å². The standard InChI is InChI=1S/C25H23N3O2/c1-30-25(29)22-13-21(19-7-8-19)15-26-23(22)12-18-11-20-9-10-28(24(20)27-14-18)16-17-5-3-2-4-6-17/h2-6,9-11,13-15,19H,7-8,12,16H2,1H3. The summed E-state index contributed by atoms with van der Waals surface area (Å²) in [7, 11) is 1.42. The lowest BCUT2D eigenvalue weighted by molar-refractivity contribution is 0.0599. The number of methoxy groups -OCH3 is 1. The average Bonchev–Trinajstić information content (AvgIpc) is 3.56. The summed E-state index contributed by atoms with van der Waals surface area (Å²) in [5.74, 6) is 0.209. The van der Waals surface area contributed by atoms with Crippen LogP contribution in [0.1, 0.15) is 51.5 Å². The Labute approximate surface area is 175 Å². The van der Waals surface area contributed by atoms with Gasteiger partial charge in [-0.05, 0) is 53.6 Å². The molecular formula is C25H23N3O2. The molecule has 3 heterocycles. The summed E-state index contributed by atoms with van der Waals surface area (Å²) in [5.41, 5.74) is 5.64. The molecule has 150 valence electrons. The molecular weight excluding hydrogens is 374 g/mol. The van der Waals surface area contributed by atoms with Crippen LogP contribution in [0.3, 0.4) is 0 Å². The third-order valence-corrected chi connectivity index (χ3v) is 5.67. The highest BCUT2D eigenvalue weighted by Gasteiger charge is 2.26.